The summed E-state index contributed by atoms with van der Waals surface area (Å²) in [5.74, 6) is 0.563. The smallest absolute Gasteiger partial charge is 0.251 e. The minimum absolute atomic E-state index is 0.243. The Balaban J connectivity index is 1.57. The van der Waals surface area contributed by atoms with Crippen molar-refractivity contribution in [1.82, 2.24) is 24.9 Å². The van der Waals surface area contributed by atoms with Gasteiger partial charge in [0.25, 0.3) is 5.91 Å². The summed E-state index contributed by atoms with van der Waals surface area (Å²) in [6.45, 7) is 0.387. The van der Waals surface area contributed by atoms with Crippen LogP contribution in [0.5, 0.6) is 0 Å². The predicted octanol–water partition coefficient (Wildman–Crippen LogP) is 3.02. The normalized spacial score (nSPS) is 11.0. The Morgan fingerprint density at radius 2 is 2.08 bits per heavy atom. The van der Waals surface area contributed by atoms with E-state index in [1.807, 2.05) is 17.5 Å². The maximum absolute atomic E-state index is 12.5. The molecule has 0 bridgehead atoms. The number of amides is 1. The molecule has 0 aliphatic carbocycles. The SMILES string of the molecule is Nc1cc(C(=O)NCc2ccc(Cl)cc2)cc2nc(-c3nccs3)nn12. The number of carbonyl (C=O) groups is 1. The number of nitrogen functional groups attached to an aromatic ring is 1. The van der Waals surface area contributed by atoms with E-state index in [1.54, 1.807) is 30.5 Å². The number of halogens is 1. The molecule has 7 nitrogen and oxygen atoms in total. The molecule has 0 saturated heterocycles. The monoisotopic (exact) mass is 384 g/mol. The fourth-order valence-corrected chi connectivity index (χ4v) is 3.14. The second-order valence-corrected chi connectivity index (χ2v) is 6.85. The van der Waals surface area contributed by atoms with Gasteiger partial charge in [0.05, 0.1) is 0 Å². The molecule has 1 aromatic carbocycles. The van der Waals surface area contributed by atoms with E-state index in [1.165, 1.54) is 15.9 Å². The highest BCUT2D eigenvalue weighted by molar-refractivity contribution is 7.13. The van der Waals surface area contributed by atoms with Crippen molar-refractivity contribution >= 4 is 40.3 Å². The zero-order chi connectivity index (χ0) is 18.1. The number of rotatable bonds is 4. The number of anilines is 1. The molecule has 0 fully saturated rings. The number of carbonyl (C=O) groups excluding carboxylic acids is 1. The number of thiazole rings is 1. The molecule has 4 aromatic rings. The lowest BCUT2D eigenvalue weighted by Crippen LogP contribution is -2.23. The van der Waals surface area contributed by atoms with Gasteiger partial charge in [0.15, 0.2) is 10.7 Å². The Morgan fingerprint density at radius 1 is 1.27 bits per heavy atom. The van der Waals surface area contributed by atoms with Gasteiger partial charge in [0.1, 0.15) is 5.82 Å². The van der Waals surface area contributed by atoms with Crippen molar-refractivity contribution < 1.29 is 4.79 Å². The zero-order valence-electron chi connectivity index (χ0n) is 13.4. The van der Waals surface area contributed by atoms with Gasteiger partial charge in [-0.1, -0.05) is 23.7 Å². The Bertz CT molecular complexity index is 1070. The lowest BCUT2D eigenvalue weighted by atomic mass is 10.2. The van der Waals surface area contributed by atoms with Crippen LogP contribution in [0.4, 0.5) is 5.82 Å². The number of nitrogens with two attached hydrogens (primary N) is 1. The van der Waals surface area contributed by atoms with Crippen LogP contribution >= 0.6 is 22.9 Å². The zero-order valence-corrected chi connectivity index (χ0v) is 15.0. The van der Waals surface area contributed by atoms with E-state index >= 15 is 0 Å². The average Bonchev–Trinajstić information content (AvgIpc) is 3.30. The molecule has 3 N–H and O–H groups in total. The van der Waals surface area contributed by atoms with Crippen LogP contribution in [0.3, 0.4) is 0 Å². The van der Waals surface area contributed by atoms with Crippen LogP contribution in [0.2, 0.25) is 5.02 Å². The number of nitrogens with zero attached hydrogens (tertiary/aromatic N) is 4. The van der Waals surface area contributed by atoms with E-state index in [9.17, 15) is 4.79 Å². The first-order chi connectivity index (χ1) is 12.6. The number of benzene rings is 1. The van der Waals surface area contributed by atoms with Crippen molar-refractivity contribution in [3.63, 3.8) is 0 Å². The second-order valence-electron chi connectivity index (χ2n) is 5.52. The van der Waals surface area contributed by atoms with Gasteiger partial charge >= 0.3 is 0 Å². The summed E-state index contributed by atoms with van der Waals surface area (Å²) in [4.78, 5) is 21.1. The Hall–Kier alpha value is -2.97. The molecule has 0 aliphatic rings. The highest BCUT2D eigenvalue weighted by atomic mass is 35.5. The first-order valence-electron chi connectivity index (χ1n) is 7.69. The summed E-state index contributed by atoms with van der Waals surface area (Å²) >= 11 is 7.30. The molecule has 0 atom stereocenters. The average molecular weight is 385 g/mol. The van der Waals surface area contributed by atoms with E-state index in [2.05, 4.69) is 20.4 Å². The third-order valence-electron chi connectivity index (χ3n) is 3.72. The summed E-state index contributed by atoms with van der Waals surface area (Å²) in [5.41, 5.74) is 7.89. The van der Waals surface area contributed by atoms with Gasteiger partial charge < -0.3 is 11.1 Å². The summed E-state index contributed by atoms with van der Waals surface area (Å²) in [6, 6.07) is 10.5. The maximum atomic E-state index is 12.5. The highest BCUT2D eigenvalue weighted by Crippen LogP contribution is 2.21. The number of hydrogen-bond acceptors (Lipinski definition) is 6. The Kier molecular flexibility index (Phi) is 4.27. The molecule has 3 heterocycles. The van der Waals surface area contributed by atoms with E-state index in [0.717, 1.165) is 5.56 Å². The summed E-state index contributed by atoms with van der Waals surface area (Å²) < 4.78 is 1.49. The van der Waals surface area contributed by atoms with Crippen molar-refractivity contribution in [2.75, 3.05) is 5.73 Å². The fraction of sp³-hybridized carbons (Fsp3) is 0.0588. The van der Waals surface area contributed by atoms with Gasteiger partial charge in [0.2, 0.25) is 5.82 Å². The van der Waals surface area contributed by atoms with Crippen molar-refractivity contribution in [1.29, 1.82) is 0 Å². The molecule has 0 radical (unpaired) electrons. The number of fused-ring (bicyclic) bond motifs is 1. The van der Waals surface area contributed by atoms with Crippen LogP contribution in [0, 0.1) is 0 Å². The summed E-state index contributed by atoms with van der Waals surface area (Å²) in [7, 11) is 0. The third kappa shape index (κ3) is 3.24. The van der Waals surface area contributed by atoms with Gasteiger partial charge in [-0.25, -0.2) is 9.97 Å². The van der Waals surface area contributed by atoms with Gasteiger partial charge in [-0.2, -0.15) is 4.52 Å². The molecule has 0 spiro atoms. The minimum atomic E-state index is -0.243. The van der Waals surface area contributed by atoms with Crippen LogP contribution in [0.25, 0.3) is 16.5 Å². The number of aromatic nitrogens is 4. The third-order valence-corrected chi connectivity index (χ3v) is 4.74. The van der Waals surface area contributed by atoms with E-state index < -0.39 is 0 Å². The molecule has 0 saturated carbocycles. The van der Waals surface area contributed by atoms with E-state index in [-0.39, 0.29) is 5.91 Å². The van der Waals surface area contributed by atoms with Crippen molar-refractivity contribution in [3.05, 3.63) is 64.1 Å². The van der Waals surface area contributed by atoms with Crippen LogP contribution in [0.1, 0.15) is 15.9 Å². The largest absolute Gasteiger partial charge is 0.384 e. The number of nitrogens with one attached hydrogen (secondary N) is 1. The number of pyridine rings is 1. The quantitative estimate of drug-likeness (QED) is 0.563. The predicted molar refractivity (Wildman–Crippen MR) is 101 cm³/mol. The van der Waals surface area contributed by atoms with Crippen molar-refractivity contribution in [2.45, 2.75) is 6.54 Å². The highest BCUT2D eigenvalue weighted by Gasteiger charge is 2.14. The molecule has 4 rings (SSSR count). The van der Waals surface area contributed by atoms with Crippen molar-refractivity contribution in [3.8, 4) is 10.8 Å². The van der Waals surface area contributed by atoms with Gasteiger partial charge in [-0.05, 0) is 29.8 Å². The number of hydrogen-bond donors (Lipinski definition) is 2. The first kappa shape index (κ1) is 16.5. The minimum Gasteiger partial charge on any atom is -0.384 e. The van der Waals surface area contributed by atoms with Crippen LogP contribution in [0.15, 0.2) is 48.0 Å². The molecule has 3 aromatic heterocycles. The Labute approximate surface area is 157 Å². The molecule has 0 aliphatic heterocycles. The Morgan fingerprint density at radius 3 is 2.81 bits per heavy atom. The van der Waals surface area contributed by atoms with Crippen LogP contribution in [-0.2, 0) is 6.54 Å². The molecule has 130 valence electrons. The molecular weight excluding hydrogens is 372 g/mol. The van der Waals surface area contributed by atoms with Crippen molar-refractivity contribution in [2.24, 2.45) is 0 Å². The second kappa shape index (κ2) is 6.74. The molecule has 9 heteroatoms. The topological polar surface area (TPSA) is 98.2 Å². The lowest BCUT2D eigenvalue weighted by molar-refractivity contribution is 0.0951. The molecular formula is C17H13ClN6OS. The van der Waals surface area contributed by atoms with Crippen LogP contribution in [-0.4, -0.2) is 25.5 Å². The summed E-state index contributed by atoms with van der Waals surface area (Å²) in [6.07, 6.45) is 1.69. The fourth-order valence-electron chi connectivity index (χ4n) is 2.45. The lowest BCUT2D eigenvalue weighted by Gasteiger charge is -2.07. The van der Waals surface area contributed by atoms with E-state index in [0.29, 0.717) is 39.4 Å². The maximum Gasteiger partial charge on any atom is 0.251 e. The van der Waals surface area contributed by atoms with Gasteiger partial charge in [-0.3, -0.25) is 4.79 Å². The van der Waals surface area contributed by atoms with Gasteiger partial charge in [-0.15, -0.1) is 16.4 Å². The van der Waals surface area contributed by atoms with Crippen LogP contribution < -0.4 is 11.1 Å². The van der Waals surface area contributed by atoms with E-state index in [4.69, 9.17) is 17.3 Å². The summed E-state index contributed by atoms with van der Waals surface area (Å²) in [5, 5.41) is 10.4. The molecule has 26 heavy (non-hydrogen) atoms. The molecule has 0 unspecified atom stereocenters. The first-order valence-corrected chi connectivity index (χ1v) is 8.95. The van der Waals surface area contributed by atoms with Gasteiger partial charge in [0, 0.05) is 28.7 Å². The standard InChI is InChI=1S/C17H13ClN6OS/c18-12-3-1-10(2-4-12)9-21-16(25)11-7-13(19)24-14(8-11)22-15(23-24)17-20-5-6-26-17/h1-8H,9,19H2,(H,21,25). The molecule has 1 amide bonds.